The summed E-state index contributed by atoms with van der Waals surface area (Å²) in [6, 6.07) is 7.80. The van der Waals surface area contributed by atoms with Crippen molar-refractivity contribution in [3.63, 3.8) is 0 Å². The summed E-state index contributed by atoms with van der Waals surface area (Å²) in [7, 11) is 0. The molecule has 0 saturated heterocycles. The molecule has 0 N–H and O–H groups in total. The lowest BCUT2D eigenvalue weighted by Gasteiger charge is -2.24. The van der Waals surface area contributed by atoms with Gasteiger partial charge in [0.1, 0.15) is 0 Å². The van der Waals surface area contributed by atoms with Crippen LogP contribution in [0.2, 0.25) is 0 Å². The monoisotopic (exact) mass is 322 g/mol. The molecule has 0 unspecified atom stereocenters. The third-order valence-electron chi connectivity index (χ3n) is 2.80. The van der Waals surface area contributed by atoms with Crippen LogP contribution in [-0.4, -0.2) is 23.9 Å². The van der Waals surface area contributed by atoms with Gasteiger partial charge in [-0.05, 0) is 30.5 Å². The molecule has 0 aliphatic rings. The van der Waals surface area contributed by atoms with Crippen molar-refractivity contribution in [1.82, 2.24) is 4.90 Å². The number of halogens is 1. The Morgan fingerprint density at radius 2 is 2.16 bits per heavy atom. The van der Waals surface area contributed by atoms with E-state index in [-0.39, 0.29) is 5.91 Å². The molecule has 1 aromatic rings. The van der Waals surface area contributed by atoms with Gasteiger partial charge < -0.3 is 4.90 Å². The van der Waals surface area contributed by atoms with Gasteiger partial charge in [0.05, 0.1) is 12.5 Å². The predicted molar refractivity (Wildman–Crippen MR) is 79.9 cm³/mol. The number of carbonyl (C=O) groups excluding carboxylic acids is 1. The third kappa shape index (κ3) is 4.68. The van der Waals surface area contributed by atoms with Crippen LogP contribution in [0.25, 0.3) is 0 Å². The van der Waals surface area contributed by atoms with E-state index in [1.165, 1.54) is 0 Å². The summed E-state index contributed by atoms with van der Waals surface area (Å²) in [5.74, 6) is 0.387. The molecule has 3 nitrogen and oxygen atoms in total. The summed E-state index contributed by atoms with van der Waals surface area (Å²) in [6.45, 7) is 7.23. The van der Waals surface area contributed by atoms with Crippen molar-refractivity contribution >= 4 is 21.8 Å². The van der Waals surface area contributed by atoms with E-state index in [1.807, 2.05) is 25.1 Å². The Kier molecular flexibility index (Phi) is 6.04. The highest BCUT2D eigenvalue weighted by atomic mass is 79.9. The number of rotatable bonds is 5. The van der Waals surface area contributed by atoms with Crippen molar-refractivity contribution in [1.29, 1.82) is 5.26 Å². The first-order valence-electron chi connectivity index (χ1n) is 6.38. The molecule has 0 heterocycles. The minimum Gasteiger partial charge on any atom is -0.337 e. The molecule has 0 aliphatic carbocycles. The molecule has 0 aromatic heterocycles. The van der Waals surface area contributed by atoms with E-state index in [4.69, 9.17) is 5.26 Å². The molecule has 102 valence electrons. The van der Waals surface area contributed by atoms with Gasteiger partial charge in [0.2, 0.25) is 0 Å². The zero-order chi connectivity index (χ0) is 14.4. The maximum atomic E-state index is 12.6. The second-order valence-corrected chi connectivity index (χ2v) is 5.93. The first kappa shape index (κ1) is 15.7. The molecule has 1 aromatic carbocycles. The van der Waals surface area contributed by atoms with Crippen molar-refractivity contribution < 1.29 is 4.79 Å². The molecule has 4 heteroatoms. The van der Waals surface area contributed by atoms with Gasteiger partial charge in [-0.15, -0.1) is 0 Å². The molecular formula is C15H19BrN2O. The highest BCUT2D eigenvalue weighted by molar-refractivity contribution is 9.10. The number of carbonyl (C=O) groups is 1. The number of hydrogen-bond donors (Lipinski definition) is 0. The highest BCUT2D eigenvalue weighted by Gasteiger charge is 2.18. The average Bonchev–Trinajstić information content (AvgIpc) is 2.36. The SMILES string of the molecule is Cc1ccc(Br)cc1C(=O)N(CCC#N)CC(C)C. The van der Waals surface area contributed by atoms with E-state index in [0.717, 1.165) is 10.0 Å². The summed E-state index contributed by atoms with van der Waals surface area (Å²) >= 11 is 3.39. The van der Waals surface area contributed by atoms with Crippen LogP contribution in [0.4, 0.5) is 0 Å². The van der Waals surface area contributed by atoms with Crippen LogP contribution in [0, 0.1) is 24.2 Å². The quantitative estimate of drug-likeness (QED) is 0.828. The molecule has 0 saturated carbocycles. The lowest BCUT2D eigenvalue weighted by Crippen LogP contribution is -2.35. The Bertz CT molecular complexity index is 491. The molecule has 1 rings (SSSR count). The van der Waals surface area contributed by atoms with Crippen LogP contribution in [0.5, 0.6) is 0 Å². The van der Waals surface area contributed by atoms with Gasteiger partial charge in [-0.25, -0.2) is 0 Å². The van der Waals surface area contributed by atoms with E-state index >= 15 is 0 Å². The van der Waals surface area contributed by atoms with E-state index in [1.54, 1.807) is 4.90 Å². The highest BCUT2D eigenvalue weighted by Crippen LogP contribution is 2.18. The van der Waals surface area contributed by atoms with E-state index in [9.17, 15) is 4.79 Å². The molecule has 1 amide bonds. The molecule has 19 heavy (non-hydrogen) atoms. The summed E-state index contributed by atoms with van der Waals surface area (Å²) in [4.78, 5) is 14.3. The van der Waals surface area contributed by atoms with Gasteiger partial charge in [-0.3, -0.25) is 4.79 Å². The van der Waals surface area contributed by atoms with Gasteiger partial charge in [0.15, 0.2) is 0 Å². The second kappa shape index (κ2) is 7.30. The smallest absolute Gasteiger partial charge is 0.254 e. The number of hydrogen-bond acceptors (Lipinski definition) is 2. The normalized spacial score (nSPS) is 10.3. The zero-order valence-corrected chi connectivity index (χ0v) is 13.2. The zero-order valence-electron chi connectivity index (χ0n) is 11.6. The van der Waals surface area contributed by atoms with Crippen LogP contribution >= 0.6 is 15.9 Å². The Balaban J connectivity index is 2.97. The Morgan fingerprint density at radius 3 is 2.74 bits per heavy atom. The Hall–Kier alpha value is -1.34. The molecule has 0 spiro atoms. The molecule has 0 radical (unpaired) electrons. The fraction of sp³-hybridized carbons (Fsp3) is 0.467. The number of aryl methyl sites for hydroxylation is 1. The van der Waals surface area contributed by atoms with Crippen LogP contribution in [-0.2, 0) is 0 Å². The van der Waals surface area contributed by atoms with E-state index < -0.39 is 0 Å². The fourth-order valence-corrected chi connectivity index (χ4v) is 2.26. The molecule has 0 aliphatic heterocycles. The molecule has 0 atom stereocenters. The number of amides is 1. The van der Waals surface area contributed by atoms with E-state index in [2.05, 4.69) is 35.8 Å². The van der Waals surface area contributed by atoms with Gasteiger partial charge in [-0.2, -0.15) is 5.26 Å². The second-order valence-electron chi connectivity index (χ2n) is 5.01. The number of nitrogens with zero attached hydrogens (tertiary/aromatic N) is 2. The van der Waals surface area contributed by atoms with Crippen molar-refractivity contribution in [2.24, 2.45) is 5.92 Å². The molecule has 0 bridgehead atoms. The summed E-state index contributed by atoms with van der Waals surface area (Å²) in [5.41, 5.74) is 1.66. The van der Waals surface area contributed by atoms with Gasteiger partial charge in [0, 0.05) is 23.1 Å². The number of nitriles is 1. The van der Waals surface area contributed by atoms with Crippen LogP contribution in [0.1, 0.15) is 36.2 Å². The van der Waals surface area contributed by atoms with Gasteiger partial charge in [0.25, 0.3) is 5.91 Å². The third-order valence-corrected chi connectivity index (χ3v) is 3.29. The molecule has 0 fully saturated rings. The average molecular weight is 323 g/mol. The van der Waals surface area contributed by atoms with Gasteiger partial charge >= 0.3 is 0 Å². The van der Waals surface area contributed by atoms with Crippen LogP contribution in [0.15, 0.2) is 22.7 Å². The standard InChI is InChI=1S/C15H19BrN2O/c1-11(2)10-18(8-4-7-17)15(19)14-9-13(16)6-5-12(14)3/h5-6,9,11H,4,8,10H2,1-3H3. The Morgan fingerprint density at radius 1 is 1.47 bits per heavy atom. The fourth-order valence-electron chi connectivity index (χ4n) is 1.90. The lowest BCUT2D eigenvalue weighted by molar-refractivity contribution is 0.0739. The Labute approximate surface area is 123 Å². The largest absolute Gasteiger partial charge is 0.337 e. The summed E-state index contributed by atoms with van der Waals surface area (Å²) < 4.78 is 0.895. The van der Waals surface area contributed by atoms with Crippen LogP contribution < -0.4 is 0 Å². The first-order valence-corrected chi connectivity index (χ1v) is 7.17. The summed E-state index contributed by atoms with van der Waals surface area (Å²) in [6.07, 6.45) is 0.367. The van der Waals surface area contributed by atoms with Crippen LogP contribution in [0.3, 0.4) is 0 Å². The van der Waals surface area contributed by atoms with Crippen molar-refractivity contribution in [2.75, 3.05) is 13.1 Å². The first-order chi connectivity index (χ1) is 8.95. The topological polar surface area (TPSA) is 44.1 Å². The van der Waals surface area contributed by atoms with Crippen molar-refractivity contribution in [3.8, 4) is 6.07 Å². The minimum atomic E-state index is 0.00255. The van der Waals surface area contributed by atoms with Crippen molar-refractivity contribution in [2.45, 2.75) is 27.2 Å². The maximum absolute atomic E-state index is 12.6. The maximum Gasteiger partial charge on any atom is 0.254 e. The van der Waals surface area contributed by atoms with Gasteiger partial charge in [-0.1, -0.05) is 35.8 Å². The van der Waals surface area contributed by atoms with Crippen molar-refractivity contribution in [3.05, 3.63) is 33.8 Å². The predicted octanol–water partition coefficient (Wildman–Crippen LogP) is 3.77. The van der Waals surface area contributed by atoms with E-state index in [0.29, 0.717) is 31.0 Å². The number of benzene rings is 1. The minimum absolute atomic E-state index is 0.00255. The summed E-state index contributed by atoms with van der Waals surface area (Å²) in [5, 5.41) is 8.70. The molecular weight excluding hydrogens is 304 g/mol. The lowest BCUT2D eigenvalue weighted by atomic mass is 10.1.